The molecule has 7 nitrogen and oxygen atoms in total. The topological polar surface area (TPSA) is 65.1 Å². The number of methoxy groups -OCH3 is 1. The van der Waals surface area contributed by atoms with Crippen LogP contribution in [0.4, 0.5) is 10.5 Å². The quantitative estimate of drug-likeness (QED) is 0.725. The van der Waals surface area contributed by atoms with Gasteiger partial charge >= 0.3 is 6.03 Å². The number of piperazine rings is 1. The second-order valence-electron chi connectivity index (χ2n) is 10.7. The van der Waals surface area contributed by atoms with Crippen LogP contribution in [-0.2, 0) is 4.79 Å². The van der Waals surface area contributed by atoms with E-state index in [1.807, 2.05) is 49.9 Å². The van der Waals surface area contributed by atoms with Gasteiger partial charge in [-0.1, -0.05) is 30.3 Å². The SMILES string of the molecule is COc1cccc(C2CN(C(=O)NC(C)(C)C)CC2C(=O)N2CCN(c3ccccc3C)CC2)c1. The first kappa shape index (κ1) is 24.9. The van der Waals surface area contributed by atoms with E-state index in [0.29, 0.717) is 26.2 Å². The molecule has 0 saturated carbocycles. The molecule has 0 spiro atoms. The number of amides is 3. The summed E-state index contributed by atoms with van der Waals surface area (Å²) in [6.45, 7) is 11.9. The number of urea groups is 1. The lowest BCUT2D eigenvalue weighted by molar-refractivity contribution is -0.135. The van der Waals surface area contributed by atoms with Crippen molar-refractivity contribution in [2.24, 2.45) is 5.92 Å². The minimum absolute atomic E-state index is 0.0716. The van der Waals surface area contributed by atoms with Crippen molar-refractivity contribution < 1.29 is 14.3 Å². The fourth-order valence-electron chi connectivity index (χ4n) is 5.15. The Labute approximate surface area is 209 Å². The Morgan fingerprint density at radius 2 is 1.66 bits per heavy atom. The van der Waals surface area contributed by atoms with Crippen LogP contribution in [0.2, 0.25) is 0 Å². The molecular weight excluding hydrogens is 440 g/mol. The molecule has 188 valence electrons. The van der Waals surface area contributed by atoms with E-state index in [2.05, 4.69) is 41.4 Å². The van der Waals surface area contributed by atoms with Crippen LogP contribution in [0.5, 0.6) is 5.75 Å². The molecule has 2 aliphatic rings. The van der Waals surface area contributed by atoms with Crippen molar-refractivity contribution in [2.75, 3.05) is 51.3 Å². The number of hydrogen-bond acceptors (Lipinski definition) is 4. The Hall–Kier alpha value is -3.22. The lowest BCUT2D eigenvalue weighted by Gasteiger charge is -2.38. The maximum absolute atomic E-state index is 13.8. The highest BCUT2D eigenvalue weighted by molar-refractivity contribution is 5.83. The first-order valence-corrected chi connectivity index (χ1v) is 12.5. The molecule has 7 heteroatoms. The molecule has 0 aromatic heterocycles. The van der Waals surface area contributed by atoms with Crippen molar-refractivity contribution in [2.45, 2.75) is 39.2 Å². The van der Waals surface area contributed by atoms with E-state index in [0.717, 1.165) is 24.4 Å². The molecule has 2 saturated heterocycles. The Morgan fingerprint density at radius 1 is 0.943 bits per heavy atom. The summed E-state index contributed by atoms with van der Waals surface area (Å²) in [4.78, 5) is 33.0. The van der Waals surface area contributed by atoms with Crippen LogP contribution in [0, 0.1) is 12.8 Å². The highest BCUT2D eigenvalue weighted by atomic mass is 16.5. The zero-order valence-corrected chi connectivity index (χ0v) is 21.6. The molecule has 2 atom stereocenters. The van der Waals surface area contributed by atoms with Gasteiger partial charge in [-0.05, 0) is 57.0 Å². The third-order valence-electron chi connectivity index (χ3n) is 6.98. The molecule has 2 heterocycles. The lowest BCUT2D eigenvalue weighted by atomic mass is 9.87. The number of nitrogens with one attached hydrogen (secondary N) is 1. The van der Waals surface area contributed by atoms with Gasteiger partial charge in [-0.2, -0.15) is 0 Å². The van der Waals surface area contributed by atoms with Gasteiger partial charge in [-0.3, -0.25) is 4.79 Å². The number of nitrogens with zero attached hydrogens (tertiary/aromatic N) is 3. The van der Waals surface area contributed by atoms with Crippen LogP contribution in [0.25, 0.3) is 0 Å². The first-order valence-electron chi connectivity index (χ1n) is 12.5. The van der Waals surface area contributed by atoms with E-state index in [4.69, 9.17) is 4.74 Å². The van der Waals surface area contributed by atoms with Crippen molar-refractivity contribution in [3.05, 3.63) is 59.7 Å². The highest BCUT2D eigenvalue weighted by Gasteiger charge is 2.43. The maximum Gasteiger partial charge on any atom is 0.317 e. The number of hydrogen-bond donors (Lipinski definition) is 1. The molecule has 0 radical (unpaired) electrons. The summed E-state index contributed by atoms with van der Waals surface area (Å²) in [5, 5.41) is 3.05. The van der Waals surface area contributed by atoms with Gasteiger partial charge < -0.3 is 24.8 Å². The number of carbonyl (C=O) groups is 2. The smallest absolute Gasteiger partial charge is 0.317 e. The average Bonchev–Trinajstić information content (AvgIpc) is 3.29. The third kappa shape index (κ3) is 5.72. The minimum Gasteiger partial charge on any atom is -0.497 e. The van der Waals surface area contributed by atoms with Gasteiger partial charge in [0.15, 0.2) is 0 Å². The van der Waals surface area contributed by atoms with E-state index in [9.17, 15) is 9.59 Å². The van der Waals surface area contributed by atoms with E-state index in [1.165, 1.54) is 11.3 Å². The van der Waals surface area contributed by atoms with Crippen molar-refractivity contribution in [3.8, 4) is 5.75 Å². The Bertz CT molecular complexity index is 1060. The standard InChI is InChI=1S/C28H38N4O3/c1-20-9-6-7-12-25(20)30-13-15-31(16-14-30)26(33)24-19-32(27(34)29-28(2,3)4)18-23(24)21-10-8-11-22(17-21)35-5/h6-12,17,23-24H,13-16,18-19H2,1-5H3,(H,29,34). The van der Waals surface area contributed by atoms with Gasteiger partial charge in [0.1, 0.15) is 5.75 Å². The van der Waals surface area contributed by atoms with Gasteiger partial charge in [0.05, 0.1) is 13.0 Å². The van der Waals surface area contributed by atoms with Crippen molar-refractivity contribution in [1.82, 2.24) is 15.1 Å². The summed E-state index contributed by atoms with van der Waals surface area (Å²) in [6, 6.07) is 16.2. The lowest BCUT2D eigenvalue weighted by Crippen LogP contribution is -2.51. The van der Waals surface area contributed by atoms with Crippen LogP contribution < -0.4 is 15.0 Å². The van der Waals surface area contributed by atoms with E-state index < -0.39 is 0 Å². The van der Waals surface area contributed by atoms with Crippen LogP contribution in [0.15, 0.2) is 48.5 Å². The largest absolute Gasteiger partial charge is 0.497 e. The predicted octanol–water partition coefficient (Wildman–Crippen LogP) is 3.88. The predicted molar refractivity (Wildman–Crippen MR) is 139 cm³/mol. The summed E-state index contributed by atoms with van der Waals surface area (Å²) in [7, 11) is 1.65. The Balaban J connectivity index is 1.51. The number of rotatable bonds is 4. The summed E-state index contributed by atoms with van der Waals surface area (Å²) in [6.07, 6.45) is 0. The molecule has 2 fully saturated rings. The summed E-state index contributed by atoms with van der Waals surface area (Å²) < 4.78 is 5.44. The van der Waals surface area contributed by atoms with E-state index in [1.54, 1.807) is 12.0 Å². The maximum atomic E-state index is 13.8. The number of carbonyl (C=O) groups excluding carboxylic acids is 2. The van der Waals surface area contributed by atoms with E-state index >= 15 is 0 Å². The molecule has 35 heavy (non-hydrogen) atoms. The summed E-state index contributed by atoms with van der Waals surface area (Å²) >= 11 is 0. The number of ether oxygens (including phenoxy) is 1. The number of benzene rings is 2. The Morgan fingerprint density at radius 3 is 2.31 bits per heavy atom. The summed E-state index contributed by atoms with van der Waals surface area (Å²) in [5.41, 5.74) is 3.19. The van der Waals surface area contributed by atoms with Gasteiger partial charge in [-0.25, -0.2) is 4.79 Å². The second kappa shape index (κ2) is 10.2. The molecule has 1 N–H and O–H groups in total. The van der Waals surface area contributed by atoms with Crippen LogP contribution >= 0.6 is 0 Å². The molecular formula is C28H38N4O3. The van der Waals surface area contributed by atoms with Gasteiger partial charge in [0.2, 0.25) is 5.91 Å². The summed E-state index contributed by atoms with van der Waals surface area (Å²) in [5.74, 6) is 0.544. The zero-order chi connectivity index (χ0) is 25.2. The number of aryl methyl sites for hydroxylation is 1. The number of likely N-dealkylation sites (tertiary alicyclic amines) is 1. The fraction of sp³-hybridized carbons (Fsp3) is 0.500. The number of para-hydroxylation sites is 1. The van der Waals surface area contributed by atoms with Gasteiger partial charge in [0, 0.05) is 56.4 Å². The normalized spacial score (nSPS) is 20.7. The van der Waals surface area contributed by atoms with Crippen LogP contribution in [0.1, 0.15) is 37.8 Å². The second-order valence-corrected chi connectivity index (χ2v) is 10.7. The van der Waals surface area contributed by atoms with Crippen LogP contribution in [0.3, 0.4) is 0 Å². The Kier molecular flexibility index (Phi) is 7.24. The third-order valence-corrected chi connectivity index (χ3v) is 6.98. The fourth-order valence-corrected chi connectivity index (χ4v) is 5.15. The van der Waals surface area contributed by atoms with Gasteiger partial charge in [-0.15, -0.1) is 0 Å². The van der Waals surface area contributed by atoms with Gasteiger partial charge in [0.25, 0.3) is 0 Å². The molecule has 2 aromatic carbocycles. The average molecular weight is 479 g/mol. The molecule has 4 rings (SSSR count). The van der Waals surface area contributed by atoms with Crippen molar-refractivity contribution in [1.29, 1.82) is 0 Å². The molecule has 2 aliphatic heterocycles. The first-order chi connectivity index (χ1) is 16.7. The molecule has 3 amide bonds. The highest BCUT2D eigenvalue weighted by Crippen LogP contribution is 2.36. The molecule has 2 unspecified atom stereocenters. The monoisotopic (exact) mass is 478 g/mol. The number of anilines is 1. The van der Waals surface area contributed by atoms with Crippen molar-refractivity contribution in [3.63, 3.8) is 0 Å². The molecule has 0 aliphatic carbocycles. The molecule has 0 bridgehead atoms. The minimum atomic E-state index is -0.337. The molecule has 2 aromatic rings. The van der Waals surface area contributed by atoms with E-state index in [-0.39, 0.29) is 29.3 Å². The van der Waals surface area contributed by atoms with Crippen molar-refractivity contribution >= 4 is 17.6 Å². The van der Waals surface area contributed by atoms with Crippen LogP contribution in [-0.4, -0.2) is 73.7 Å². The zero-order valence-electron chi connectivity index (χ0n) is 21.6.